The van der Waals surface area contributed by atoms with E-state index in [2.05, 4.69) is 33.8 Å². The molecule has 0 bridgehead atoms. The summed E-state index contributed by atoms with van der Waals surface area (Å²) in [5.74, 6) is -0.694. The Kier molecular flexibility index (Phi) is 14.8. The number of amides is 5. The molecule has 1 aliphatic heterocycles. The predicted octanol–water partition coefficient (Wildman–Crippen LogP) is 4.57. The standard InChI is InChI=1S/C40H65N5O7S/c1-10-12-19-29(31(46)34(48)41-25-11-2)42-33(47)30-28(37(3,4)5)20-26-45(30)35(49)32(39(9)21-15-13-16-22-39)43-36(50)44-40(23-17-14-18-24-40)27-53(51,52)38(6,7)8/h1,11,28-30,32H,2,12-27H2,3-9H3,(H,41,48)(H,42,47)(H2,43,44,50)/t28?,29?,30-,32+/m0/s1. The van der Waals surface area contributed by atoms with Gasteiger partial charge >= 0.3 is 6.03 Å². The maximum Gasteiger partial charge on any atom is 0.315 e. The minimum absolute atomic E-state index is 0.0402. The highest BCUT2D eigenvalue weighted by molar-refractivity contribution is 7.92. The number of hydrogen-bond acceptors (Lipinski definition) is 7. The molecule has 0 aromatic rings. The summed E-state index contributed by atoms with van der Waals surface area (Å²) in [5.41, 5.74) is -2.02. The van der Waals surface area contributed by atoms with Crippen molar-refractivity contribution in [1.82, 2.24) is 26.2 Å². The average Bonchev–Trinajstić information content (AvgIpc) is 3.54. The summed E-state index contributed by atoms with van der Waals surface area (Å²) in [7, 11) is -3.59. The third kappa shape index (κ3) is 11.1. The fourth-order valence-electron chi connectivity index (χ4n) is 8.30. The maximum absolute atomic E-state index is 15.0. The number of rotatable bonds is 14. The first-order valence-corrected chi connectivity index (χ1v) is 21.0. The van der Waals surface area contributed by atoms with Crippen LogP contribution in [0.1, 0.15) is 132 Å². The van der Waals surface area contributed by atoms with E-state index in [0.29, 0.717) is 32.1 Å². The third-order valence-corrected chi connectivity index (χ3v) is 14.5. The maximum atomic E-state index is 15.0. The van der Waals surface area contributed by atoms with Crippen LogP contribution in [0, 0.1) is 29.1 Å². The summed E-state index contributed by atoms with van der Waals surface area (Å²) < 4.78 is 25.9. The number of hydrogen-bond donors (Lipinski definition) is 4. The Bertz CT molecular complexity index is 1510. The number of sulfone groups is 1. The molecule has 3 rings (SSSR count). The predicted molar refractivity (Wildman–Crippen MR) is 207 cm³/mol. The van der Waals surface area contributed by atoms with Gasteiger partial charge in [0.05, 0.1) is 22.1 Å². The van der Waals surface area contributed by atoms with Crippen molar-refractivity contribution in [3.8, 4) is 12.3 Å². The van der Waals surface area contributed by atoms with E-state index in [9.17, 15) is 32.4 Å². The van der Waals surface area contributed by atoms with Crippen LogP contribution >= 0.6 is 0 Å². The van der Waals surface area contributed by atoms with E-state index in [1.807, 2.05) is 27.7 Å². The van der Waals surface area contributed by atoms with Crippen molar-refractivity contribution in [2.75, 3.05) is 18.8 Å². The zero-order valence-electron chi connectivity index (χ0n) is 33.2. The van der Waals surface area contributed by atoms with Gasteiger partial charge in [0.1, 0.15) is 12.1 Å². The van der Waals surface area contributed by atoms with E-state index >= 15 is 0 Å². The second-order valence-corrected chi connectivity index (χ2v) is 20.6. The van der Waals surface area contributed by atoms with Gasteiger partial charge in [-0.2, -0.15) is 0 Å². The van der Waals surface area contributed by atoms with Crippen LogP contribution in [0.2, 0.25) is 0 Å². The summed E-state index contributed by atoms with van der Waals surface area (Å²) in [5, 5.41) is 11.3. The smallest absolute Gasteiger partial charge is 0.315 e. The second kappa shape index (κ2) is 17.8. The lowest BCUT2D eigenvalue weighted by molar-refractivity contribution is -0.146. The van der Waals surface area contributed by atoms with E-state index < -0.39 is 78.6 Å². The van der Waals surface area contributed by atoms with Gasteiger partial charge in [-0.15, -0.1) is 18.9 Å². The van der Waals surface area contributed by atoms with Crippen molar-refractivity contribution in [3.05, 3.63) is 12.7 Å². The van der Waals surface area contributed by atoms with Gasteiger partial charge in [0.25, 0.3) is 5.91 Å². The molecule has 298 valence electrons. The van der Waals surface area contributed by atoms with Crippen molar-refractivity contribution in [2.24, 2.45) is 16.7 Å². The molecule has 0 spiro atoms. The number of terminal acetylenes is 1. The fraction of sp³-hybridized carbons (Fsp3) is 0.775. The van der Waals surface area contributed by atoms with E-state index in [-0.39, 0.29) is 37.6 Å². The molecule has 4 atom stereocenters. The van der Waals surface area contributed by atoms with Crippen LogP contribution in [-0.4, -0.2) is 90.1 Å². The summed E-state index contributed by atoms with van der Waals surface area (Å²) in [6, 6.07) is -3.78. The lowest BCUT2D eigenvalue weighted by Crippen LogP contribution is -2.65. The average molecular weight is 760 g/mol. The third-order valence-electron chi connectivity index (χ3n) is 11.7. The number of carbonyl (C=O) groups is 5. The molecule has 2 saturated carbocycles. The Hall–Kier alpha value is -3.40. The molecule has 12 nitrogen and oxygen atoms in total. The molecule has 2 unspecified atom stereocenters. The Morgan fingerprint density at radius 3 is 2.06 bits per heavy atom. The van der Waals surface area contributed by atoms with E-state index in [4.69, 9.17) is 6.42 Å². The van der Waals surface area contributed by atoms with E-state index in [1.54, 1.807) is 20.8 Å². The molecule has 3 aliphatic rings. The van der Waals surface area contributed by atoms with Crippen LogP contribution < -0.4 is 21.3 Å². The van der Waals surface area contributed by atoms with Crippen LogP contribution in [0.3, 0.4) is 0 Å². The highest BCUT2D eigenvalue weighted by Crippen LogP contribution is 2.43. The van der Waals surface area contributed by atoms with Gasteiger partial charge in [0, 0.05) is 19.5 Å². The first-order valence-electron chi connectivity index (χ1n) is 19.4. The molecule has 0 aromatic heterocycles. The van der Waals surface area contributed by atoms with Gasteiger partial charge < -0.3 is 26.2 Å². The van der Waals surface area contributed by atoms with Crippen LogP contribution in [-0.2, 0) is 29.0 Å². The highest BCUT2D eigenvalue weighted by atomic mass is 32.2. The molecule has 53 heavy (non-hydrogen) atoms. The zero-order valence-corrected chi connectivity index (χ0v) is 34.0. The SMILES string of the molecule is C#CCCC(NC(=O)[C@@H]1C(C(C)(C)C)CCN1C(=O)[C@@H](NC(=O)NC1(CS(=O)(=O)C(C)(C)C)CCCCC1)C1(C)CCCCC1)C(=O)C(=O)NCC=C. The van der Waals surface area contributed by atoms with E-state index in [1.165, 1.54) is 11.0 Å². The number of urea groups is 1. The van der Waals surface area contributed by atoms with E-state index in [0.717, 1.165) is 38.5 Å². The minimum atomic E-state index is -3.59. The number of carbonyl (C=O) groups excluding carboxylic acids is 5. The Morgan fingerprint density at radius 1 is 0.943 bits per heavy atom. The number of likely N-dealkylation sites (tertiary alicyclic amines) is 1. The van der Waals surface area contributed by atoms with Crippen molar-refractivity contribution >= 4 is 39.4 Å². The molecule has 5 amide bonds. The van der Waals surface area contributed by atoms with Gasteiger partial charge in [-0.3, -0.25) is 19.2 Å². The molecule has 1 heterocycles. The fourth-order valence-corrected chi connectivity index (χ4v) is 9.83. The summed E-state index contributed by atoms with van der Waals surface area (Å²) in [4.78, 5) is 70.8. The number of ketones is 1. The Balaban J connectivity index is 1.98. The Labute approximate surface area is 318 Å². The van der Waals surface area contributed by atoms with Crippen LogP contribution in [0.15, 0.2) is 12.7 Å². The first kappa shape index (κ1) is 44.0. The molecule has 13 heteroatoms. The second-order valence-electron chi connectivity index (χ2n) is 17.9. The lowest BCUT2D eigenvalue weighted by atomic mass is 9.70. The topological polar surface area (TPSA) is 171 Å². The van der Waals surface area contributed by atoms with Gasteiger partial charge in [0.2, 0.25) is 17.6 Å². The molecule has 1 saturated heterocycles. The molecule has 0 radical (unpaired) electrons. The molecule has 3 fully saturated rings. The molecule has 4 N–H and O–H groups in total. The molecule has 0 aromatic carbocycles. The van der Waals surface area contributed by atoms with Crippen molar-refractivity contribution in [2.45, 2.75) is 160 Å². The molecular formula is C40H65N5O7S. The van der Waals surface area contributed by atoms with Crippen LogP contribution in [0.4, 0.5) is 4.79 Å². The van der Waals surface area contributed by atoms with Gasteiger partial charge in [-0.1, -0.05) is 72.3 Å². The Morgan fingerprint density at radius 2 is 1.53 bits per heavy atom. The van der Waals surface area contributed by atoms with Gasteiger partial charge in [-0.05, 0) is 76.0 Å². The molecule has 2 aliphatic carbocycles. The highest BCUT2D eigenvalue weighted by Gasteiger charge is 2.52. The quantitative estimate of drug-likeness (QED) is 0.114. The van der Waals surface area contributed by atoms with Crippen LogP contribution in [0.5, 0.6) is 0 Å². The zero-order chi connectivity index (χ0) is 39.8. The van der Waals surface area contributed by atoms with Gasteiger partial charge in [0.15, 0.2) is 9.84 Å². The van der Waals surface area contributed by atoms with Gasteiger partial charge in [-0.25, -0.2) is 13.2 Å². The summed E-state index contributed by atoms with van der Waals surface area (Å²) in [6.07, 6.45) is 15.3. The van der Waals surface area contributed by atoms with Crippen molar-refractivity contribution in [1.29, 1.82) is 0 Å². The summed E-state index contributed by atoms with van der Waals surface area (Å²) >= 11 is 0. The molecular weight excluding hydrogens is 695 g/mol. The lowest BCUT2D eigenvalue weighted by Gasteiger charge is -2.44. The normalized spacial score (nSPS) is 22.7. The largest absolute Gasteiger partial charge is 0.346 e. The monoisotopic (exact) mass is 759 g/mol. The van der Waals surface area contributed by atoms with Crippen LogP contribution in [0.25, 0.3) is 0 Å². The first-order chi connectivity index (χ1) is 24.6. The summed E-state index contributed by atoms with van der Waals surface area (Å²) in [6.45, 7) is 16.9. The van der Waals surface area contributed by atoms with Crippen molar-refractivity contribution in [3.63, 3.8) is 0 Å². The number of Topliss-reactive ketones (excluding diaryl/α,β-unsaturated/α-hetero) is 1. The minimum Gasteiger partial charge on any atom is -0.346 e. The van der Waals surface area contributed by atoms with Crippen molar-refractivity contribution < 1.29 is 32.4 Å². The number of nitrogens with zero attached hydrogens (tertiary/aromatic N) is 1. The number of nitrogens with one attached hydrogen (secondary N) is 4.